The van der Waals surface area contributed by atoms with Crippen LogP contribution < -0.4 is 11.5 Å². The van der Waals surface area contributed by atoms with Crippen LogP contribution in [0.5, 0.6) is 0 Å². The second-order valence-corrected chi connectivity index (χ2v) is 1.80. The van der Waals surface area contributed by atoms with Crippen molar-refractivity contribution in [1.82, 2.24) is 9.97 Å². The van der Waals surface area contributed by atoms with Crippen molar-refractivity contribution in [2.75, 3.05) is 11.5 Å². The lowest BCUT2D eigenvalue weighted by molar-refractivity contribution is 0.322. The molecular weight excluding hydrogens is 146 g/mol. The number of nitrogens with zero attached hydrogens (tertiary/aromatic N) is 3. The summed E-state index contributed by atoms with van der Waals surface area (Å²) in [5.74, 6) is 0.380. The van der Waals surface area contributed by atoms with Gasteiger partial charge in [-0.3, -0.25) is 0 Å². The molecule has 0 bridgehead atoms. The number of aromatic nitrogens is 2. The first kappa shape index (κ1) is 7.26. The molecular formula is C5H7N5O. The summed E-state index contributed by atoms with van der Waals surface area (Å²) in [6.07, 6.45) is 2.32. The van der Waals surface area contributed by atoms with E-state index in [0.717, 1.165) is 6.21 Å². The molecule has 0 aliphatic heterocycles. The van der Waals surface area contributed by atoms with E-state index in [-0.39, 0.29) is 11.6 Å². The molecule has 0 saturated carbocycles. The number of rotatable bonds is 1. The van der Waals surface area contributed by atoms with Gasteiger partial charge in [0.2, 0.25) is 0 Å². The highest BCUT2D eigenvalue weighted by molar-refractivity contribution is 5.90. The summed E-state index contributed by atoms with van der Waals surface area (Å²) < 4.78 is 0. The first-order valence-electron chi connectivity index (χ1n) is 2.79. The Balaban J connectivity index is 3.20. The first-order valence-corrected chi connectivity index (χ1v) is 2.79. The Bertz CT molecular complexity index is 264. The van der Waals surface area contributed by atoms with Gasteiger partial charge in [0.05, 0.1) is 11.8 Å². The van der Waals surface area contributed by atoms with Crippen molar-refractivity contribution in [2.45, 2.75) is 0 Å². The Morgan fingerprint density at radius 3 is 2.36 bits per heavy atom. The molecule has 0 radical (unpaired) electrons. The number of anilines is 2. The second kappa shape index (κ2) is 2.82. The normalized spacial score (nSPS) is 10.5. The quantitative estimate of drug-likeness (QED) is 0.285. The van der Waals surface area contributed by atoms with Crippen molar-refractivity contribution >= 4 is 17.9 Å². The van der Waals surface area contributed by atoms with Gasteiger partial charge >= 0.3 is 0 Å². The van der Waals surface area contributed by atoms with E-state index in [1.807, 2.05) is 0 Å². The zero-order chi connectivity index (χ0) is 8.27. The predicted octanol–water partition coefficient (Wildman–Crippen LogP) is -0.551. The molecule has 0 spiro atoms. The molecule has 0 saturated heterocycles. The van der Waals surface area contributed by atoms with Crippen LogP contribution in [-0.4, -0.2) is 21.4 Å². The molecule has 5 N–H and O–H groups in total. The molecule has 6 heteroatoms. The van der Waals surface area contributed by atoms with Gasteiger partial charge in [-0.15, -0.1) is 0 Å². The third-order valence-electron chi connectivity index (χ3n) is 1.13. The van der Waals surface area contributed by atoms with Crippen molar-refractivity contribution < 1.29 is 5.21 Å². The van der Waals surface area contributed by atoms with Gasteiger partial charge < -0.3 is 16.7 Å². The summed E-state index contributed by atoms with van der Waals surface area (Å²) in [6, 6.07) is 0. The molecule has 58 valence electrons. The molecule has 1 aromatic heterocycles. The average Bonchev–Trinajstić information content (AvgIpc) is 1.97. The molecule has 0 unspecified atom stereocenters. The van der Waals surface area contributed by atoms with Crippen LogP contribution in [0.2, 0.25) is 0 Å². The van der Waals surface area contributed by atoms with Crippen LogP contribution in [0.3, 0.4) is 0 Å². The van der Waals surface area contributed by atoms with Crippen molar-refractivity contribution in [3.8, 4) is 0 Å². The fraction of sp³-hybridized carbons (Fsp3) is 0. The number of hydrogen-bond donors (Lipinski definition) is 3. The van der Waals surface area contributed by atoms with Gasteiger partial charge in [-0.1, -0.05) is 5.16 Å². The SMILES string of the molecule is Nc1ncnc(N)c1/C=N\O. The van der Waals surface area contributed by atoms with Gasteiger partial charge in [-0.25, -0.2) is 9.97 Å². The molecule has 0 aliphatic carbocycles. The summed E-state index contributed by atoms with van der Waals surface area (Å²) >= 11 is 0. The van der Waals surface area contributed by atoms with Crippen molar-refractivity contribution in [3.63, 3.8) is 0 Å². The van der Waals surface area contributed by atoms with Gasteiger partial charge in [-0.2, -0.15) is 0 Å². The van der Waals surface area contributed by atoms with E-state index in [4.69, 9.17) is 16.7 Å². The van der Waals surface area contributed by atoms with Gasteiger partial charge in [0.25, 0.3) is 0 Å². The van der Waals surface area contributed by atoms with Crippen LogP contribution in [-0.2, 0) is 0 Å². The molecule has 1 heterocycles. The number of hydrogen-bond acceptors (Lipinski definition) is 6. The smallest absolute Gasteiger partial charge is 0.137 e. The van der Waals surface area contributed by atoms with E-state index in [1.54, 1.807) is 0 Å². The molecule has 0 aromatic carbocycles. The van der Waals surface area contributed by atoms with Gasteiger partial charge in [0.15, 0.2) is 0 Å². The summed E-state index contributed by atoms with van der Waals surface area (Å²) in [7, 11) is 0. The number of nitrogen functional groups attached to an aromatic ring is 2. The summed E-state index contributed by atoms with van der Waals surface area (Å²) in [4.78, 5) is 7.29. The molecule has 6 nitrogen and oxygen atoms in total. The topological polar surface area (TPSA) is 110 Å². The lowest BCUT2D eigenvalue weighted by Gasteiger charge is -1.98. The largest absolute Gasteiger partial charge is 0.411 e. The summed E-state index contributed by atoms with van der Waals surface area (Å²) in [5.41, 5.74) is 11.1. The molecule has 0 fully saturated rings. The van der Waals surface area contributed by atoms with E-state index < -0.39 is 0 Å². The minimum absolute atomic E-state index is 0.190. The van der Waals surface area contributed by atoms with Crippen LogP contribution in [0.4, 0.5) is 11.6 Å². The number of oxime groups is 1. The fourth-order valence-electron chi connectivity index (χ4n) is 0.614. The van der Waals surface area contributed by atoms with E-state index in [9.17, 15) is 0 Å². The van der Waals surface area contributed by atoms with Crippen LogP contribution in [0.25, 0.3) is 0 Å². The highest BCUT2D eigenvalue weighted by Gasteiger charge is 2.01. The van der Waals surface area contributed by atoms with E-state index in [0.29, 0.717) is 5.56 Å². The maximum absolute atomic E-state index is 8.17. The van der Waals surface area contributed by atoms with Crippen LogP contribution >= 0.6 is 0 Å². The molecule has 0 atom stereocenters. The van der Waals surface area contributed by atoms with E-state index in [2.05, 4.69) is 15.1 Å². The Morgan fingerprint density at radius 1 is 1.36 bits per heavy atom. The fourth-order valence-corrected chi connectivity index (χ4v) is 0.614. The molecule has 1 rings (SSSR count). The van der Waals surface area contributed by atoms with Crippen molar-refractivity contribution in [1.29, 1.82) is 0 Å². The zero-order valence-electron chi connectivity index (χ0n) is 5.60. The molecule has 0 aliphatic rings. The third-order valence-corrected chi connectivity index (χ3v) is 1.13. The Labute approximate surface area is 62.6 Å². The summed E-state index contributed by atoms with van der Waals surface area (Å²) in [5, 5.41) is 10.9. The Morgan fingerprint density at radius 2 is 1.91 bits per heavy atom. The van der Waals surface area contributed by atoms with Gasteiger partial charge in [0, 0.05) is 0 Å². The highest BCUT2D eigenvalue weighted by atomic mass is 16.4. The second-order valence-electron chi connectivity index (χ2n) is 1.80. The van der Waals surface area contributed by atoms with E-state index in [1.165, 1.54) is 6.33 Å². The van der Waals surface area contributed by atoms with Crippen LogP contribution in [0, 0.1) is 0 Å². The van der Waals surface area contributed by atoms with Crippen LogP contribution in [0.15, 0.2) is 11.5 Å². The average molecular weight is 153 g/mol. The van der Waals surface area contributed by atoms with Crippen molar-refractivity contribution in [3.05, 3.63) is 11.9 Å². The molecule has 1 aromatic rings. The van der Waals surface area contributed by atoms with Crippen LogP contribution in [0.1, 0.15) is 5.56 Å². The summed E-state index contributed by atoms with van der Waals surface area (Å²) in [6.45, 7) is 0. The van der Waals surface area contributed by atoms with Gasteiger partial charge in [0.1, 0.15) is 18.0 Å². The Hall–Kier alpha value is -1.85. The van der Waals surface area contributed by atoms with Crippen molar-refractivity contribution in [2.24, 2.45) is 5.16 Å². The first-order chi connectivity index (χ1) is 5.25. The lowest BCUT2D eigenvalue weighted by Crippen LogP contribution is -2.03. The van der Waals surface area contributed by atoms with Gasteiger partial charge in [-0.05, 0) is 0 Å². The minimum atomic E-state index is 0.190. The maximum atomic E-state index is 8.17. The monoisotopic (exact) mass is 153 g/mol. The zero-order valence-corrected chi connectivity index (χ0v) is 5.60. The predicted molar refractivity (Wildman–Crippen MR) is 40.2 cm³/mol. The maximum Gasteiger partial charge on any atom is 0.137 e. The molecule has 0 amide bonds. The minimum Gasteiger partial charge on any atom is -0.411 e. The standard InChI is InChI=1S/C5H7N5O/c6-4-3(1-10-11)5(7)9-2-8-4/h1-2,11H,(H4,6,7,8,9)/b10-1-. The molecule has 11 heavy (non-hydrogen) atoms. The number of nitrogens with two attached hydrogens (primary N) is 2. The highest BCUT2D eigenvalue weighted by Crippen LogP contribution is 2.09. The van der Waals surface area contributed by atoms with E-state index >= 15 is 0 Å². The Kier molecular flexibility index (Phi) is 1.86. The lowest BCUT2D eigenvalue weighted by atomic mass is 10.3. The third kappa shape index (κ3) is 1.34.